The summed E-state index contributed by atoms with van der Waals surface area (Å²) in [6, 6.07) is 18.0. The van der Waals surface area contributed by atoms with Crippen LogP contribution in [0, 0.1) is 0 Å². The summed E-state index contributed by atoms with van der Waals surface area (Å²) < 4.78 is 7.59. The Morgan fingerprint density at radius 2 is 1.71 bits per heavy atom. The van der Waals surface area contributed by atoms with Gasteiger partial charge in [-0.1, -0.05) is 48.5 Å². The minimum absolute atomic E-state index is 0. The first-order valence-electron chi connectivity index (χ1n) is 12.1. The van der Waals surface area contributed by atoms with Crippen LogP contribution >= 0.6 is 12.4 Å². The second kappa shape index (κ2) is 12.3. The van der Waals surface area contributed by atoms with Crippen LogP contribution < -0.4 is 16.4 Å². The molecule has 0 unspecified atom stereocenters. The van der Waals surface area contributed by atoms with Crippen molar-refractivity contribution in [2.24, 2.45) is 0 Å². The number of halogens is 1. The number of hydrogen-bond donors (Lipinski definition) is 3. The summed E-state index contributed by atoms with van der Waals surface area (Å²) in [6.45, 7) is 1.88. The zero-order valence-corrected chi connectivity index (χ0v) is 21.3. The highest BCUT2D eigenvalue weighted by Gasteiger charge is 2.28. The van der Waals surface area contributed by atoms with Gasteiger partial charge in [-0.25, -0.2) is 14.8 Å². The summed E-state index contributed by atoms with van der Waals surface area (Å²) in [5, 5.41) is 10.6. The minimum atomic E-state index is -1.22. The zero-order chi connectivity index (χ0) is 25.6. The van der Waals surface area contributed by atoms with Crippen molar-refractivity contribution >= 4 is 35.8 Å². The van der Waals surface area contributed by atoms with Crippen molar-refractivity contribution in [2.75, 3.05) is 24.1 Å². The number of piperidine rings is 1. The standard InChI is InChI=1S/C27H27N7O3.ClH/c28-25-23(33-22(16-30-25)19-15-31-34(17-19)21-11-13-29-14-12-21)27(36)37-24(18-7-3-1-4-8-18)26(35)32-20-9-5-2-6-10-20;/h1-10,15-17,21,24,29H,11-14H2,(H2,28,30)(H,32,35);1H/t24-;/m1./s1. The van der Waals surface area contributed by atoms with E-state index in [-0.39, 0.29) is 23.9 Å². The van der Waals surface area contributed by atoms with Crippen LogP contribution in [-0.2, 0) is 9.53 Å². The van der Waals surface area contributed by atoms with E-state index < -0.39 is 18.0 Å². The number of nitrogen functional groups attached to an aromatic ring is 1. The Bertz CT molecular complexity index is 1380. The lowest BCUT2D eigenvalue weighted by Gasteiger charge is -2.22. The quantitative estimate of drug-likeness (QED) is 0.305. The molecular formula is C27H28ClN7O3. The summed E-state index contributed by atoms with van der Waals surface area (Å²) in [4.78, 5) is 35.0. The molecule has 0 radical (unpaired) electrons. The molecule has 0 bridgehead atoms. The third-order valence-electron chi connectivity index (χ3n) is 6.18. The highest BCUT2D eigenvalue weighted by Crippen LogP contribution is 2.25. The molecule has 2 aromatic carbocycles. The first-order valence-corrected chi connectivity index (χ1v) is 12.1. The molecule has 0 spiro atoms. The fraction of sp³-hybridized carbons (Fsp3) is 0.222. The van der Waals surface area contributed by atoms with E-state index in [1.165, 1.54) is 6.20 Å². The molecule has 1 fully saturated rings. The Morgan fingerprint density at radius 3 is 2.42 bits per heavy atom. The van der Waals surface area contributed by atoms with E-state index in [1.54, 1.807) is 54.7 Å². The van der Waals surface area contributed by atoms with Gasteiger partial charge in [0.2, 0.25) is 6.10 Å². The van der Waals surface area contributed by atoms with E-state index in [0.29, 0.717) is 28.6 Å². The predicted molar refractivity (Wildman–Crippen MR) is 146 cm³/mol. The summed E-state index contributed by atoms with van der Waals surface area (Å²) in [5.41, 5.74) is 8.07. The maximum absolute atomic E-state index is 13.2. The first-order chi connectivity index (χ1) is 18.1. The fourth-order valence-electron chi connectivity index (χ4n) is 4.22. The summed E-state index contributed by atoms with van der Waals surface area (Å²) in [6.07, 6.45) is 5.83. The molecule has 4 aromatic rings. The van der Waals surface area contributed by atoms with Crippen molar-refractivity contribution < 1.29 is 14.3 Å². The number of esters is 1. The third kappa shape index (κ3) is 6.16. The average molecular weight is 534 g/mol. The van der Waals surface area contributed by atoms with E-state index in [0.717, 1.165) is 25.9 Å². The van der Waals surface area contributed by atoms with Gasteiger partial charge < -0.3 is 21.1 Å². The second-order valence-electron chi connectivity index (χ2n) is 8.73. The molecule has 4 N–H and O–H groups in total. The van der Waals surface area contributed by atoms with Crippen LogP contribution in [0.2, 0.25) is 0 Å². The molecule has 1 atom stereocenters. The van der Waals surface area contributed by atoms with Crippen molar-refractivity contribution in [1.29, 1.82) is 0 Å². The lowest BCUT2D eigenvalue weighted by Crippen LogP contribution is -2.29. The summed E-state index contributed by atoms with van der Waals surface area (Å²) >= 11 is 0. The van der Waals surface area contributed by atoms with Gasteiger partial charge in [-0.15, -0.1) is 12.4 Å². The van der Waals surface area contributed by atoms with Crippen molar-refractivity contribution in [3.8, 4) is 11.3 Å². The van der Waals surface area contributed by atoms with Crippen LogP contribution in [0.5, 0.6) is 0 Å². The smallest absolute Gasteiger partial charge is 0.361 e. The topological polar surface area (TPSA) is 137 Å². The van der Waals surface area contributed by atoms with Crippen LogP contribution in [0.15, 0.2) is 79.3 Å². The predicted octanol–water partition coefficient (Wildman–Crippen LogP) is 3.81. The number of nitrogens with two attached hydrogens (primary N) is 1. The highest BCUT2D eigenvalue weighted by atomic mass is 35.5. The van der Waals surface area contributed by atoms with Gasteiger partial charge in [-0.3, -0.25) is 9.48 Å². The van der Waals surface area contributed by atoms with Crippen LogP contribution in [0.3, 0.4) is 0 Å². The summed E-state index contributed by atoms with van der Waals surface area (Å²) in [7, 11) is 0. The molecule has 2 aromatic heterocycles. The number of amides is 1. The maximum Gasteiger partial charge on any atom is 0.361 e. The largest absolute Gasteiger partial charge is 0.442 e. The number of rotatable bonds is 7. The monoisotopic (exact) mass is 533 g/mol. The molecule has 10 nitrogen and oxygen atoms in total. The number of aromatic nitrogens is 4. The lowest BCUT2D eigenvalue weighted by atomic mass is 10.1. The first kappa shape index (κ1) is 26.8. The van der Waals surface area contributed by atoms with Crippen molar-refractivity contribution in [1.82, 2.24) is 25.1 Å². The van der Waals surface area contributed by atoms with Crippen molar-refractivity contribution in [3.05, 3.63) is 90.5 Å². The molecule has 38 heavy (non-hydrogen) atoms. The molecule has 1 aliphatic heterocycles. The van der Waals surface area contributed by atoms with Gasteiger partial charge in [0.05, 0.1) is 24.1 Å². The average Bonchev–Trinajstić information content (AvgIpc) is 3.44. The Balaban J connectivity index is 0.00000336. The number of nitrogens with zero attached hydrogens (tertiary/aromatic N) is 4. The number of para-hydroxylation sites is 1. The van der Waals surface area contributed by atoms with E-state index in [9.17, 15) is 9.59 Å². The van der Waals surface area contributed by atoms with Gasteiger partial charge >= 0.3 is 5.97 Å². The zero-order valence-electron chi connectivity index (χ0n) is 20.5. The number of benzene rings is 2. The number of carbonyl (C=O) groups excluding carboxylic acids is 2. The molecule has 1 saturated heterocycles. The number of ether oxygens (including phenoxy) is 1. The van der Waals surface area contributed by atoms with Gasteiger partial charge in [-0.2, -0.15) is 5.10 Å². The van der Waals surface area contributed by atoms with Crippen LogP contribution in [0.4, 0.5) is 11.5 Å². The van der Waals surface area contributed by atoms with E-state index in [1.807, 2.05) is 23.0 Å². The molecule has 196 valence electrons. The normalized spacial score (nSPS) is 14.2. The van der Waals surface area contributed by atoms with Gasteiger partial charge in [0.1, 0.15) is 0 Å². The maximum atomic E-state index is 13.2. The molecule has 1 aliphatic rings. The van der Waals surface area contributed by atoms with Gasteiger partial charge in [0.15, 0.2) is 11.5 Å². The number of nitrogens with one attached hydrogen (secondary N) is 2. The highest BCUT2D eigenvalue weighted by molar-refractivity contribution is 5.99. The molecule has 3 heterocycles. The van der Waals surface area contributed by atoms with E-state index in [2.05, 4.69) is 25.7 Å². The molecule has 0 saturated carbocycles. The van der Waals surface area contributed by atoms with Gasteiger partial charge in [0.25, 0.3) is 5.91 Å². The fourth-order valence-corrected chi connectivity index (χ4v) is 4.22. The van der Waals surface area contributed by atoms with Crippen molar-refractivity contribution in [2.45, 2.75) is 25.0 Å². The molecule has 5 rings (SSSR count). The number of anilines is 2. The van der Waals surface area contributed by atoms with Crippen LogP contribution in [-0.4, -0.2) is 44.7 Å². The third-order valence-corrected chi connectivity index (χ3v) is 6.18. The van der Waals surface area contributed by atoms with Gasteiger partial charge in [-0.05, 0) is 38.1 Å². The molecular weight excluding hydrogens is 506 g/mol. The van der Waals surface area contributed by atoms with Crippen LogP contribution in [0.1, 0.15) is 41.0 Å². The van der Waals surface area contributed by atoms with Gasteiger partial charge in [0, 0.05) is 23.0 Å². The van der Waals surface area contributed by atoms with E-state index >= 15 is 0 Å². The second-order valence-corrected chi connectivity index (χ2v) is 8.73. The Hall–Kier alpha value is -4.28. The Kier molecular flexibility index (Phi) is 8.67. The Morgan fingerprint density at radius 1 is 1.03 bits per heavy atom. The summed E-state index contributed by atoms with van der Waals surface area (Å²) in [5.74, 6) is -1.44. The number of carbonyl (C=O) groups is 2. The van der Waals surface area contributed by atoms with E-state index in [4.69, 9.17) is 10.5 Å². The molecule has 11 heteroatoms. The lowest BCUT2D eigenvalue weighted by molar-refractivity contribution is -0.125. The molecule has 1 amide bonds. The molecule has 0 aliphatic carbocycles. The van der Waals surface area contributed by atoms with Crippen molar-refractivity contribution in [3.63, 3.8) is 0 Å². The SMILES string of the molecule is Cl.Nc1ncc(-c2cnn(C3CCNCC3)c2)nc1C(=O)O[C@@H](C(=O)Nc1ccccc1)c1ccccc1. The Labute approximate surface area is 226 Å². The number of hydrogen-bond acceptors (Lipinski definition) is 8. The minimum Gasteiger partial charge on any atom is -0.442 e. The van der Waals surface area contributed by atoms with Crippen LogP contribution in [0.25, 0.3) is 11.3 Å².